The molecule has 4 unspecified atom stereocenters. The Bertz CT molecular complexity index is 281. The molecule has 0 amide bonds. The standard InChI is InChI=1S/C15H29N3/c1-12-10-17-9-5-6-13(17)11-18(12)15-8-4-2-3-7-14(15)16/h12-15H,2-11,16H2,1H3. The van der Waals surface area contributed by atoms with Gasteiger partial charge in [0.2, 0.25) is 0 Å². The van der Waals surface area contributed by atoms with Gasteiger partial charge in [-0.15, -0.1) is 0 Å². The van der Waals surface area contributed by atoms with Crippen molar-refractivity contribution < 1.29 is 0 Å². The Kier molecular flexibility index (Phi) is 3.92. The van der Waals surface area contributed by atoms with E-state index >= 15 is 0 Å². The van der Waals surface area contributed by atoms with Crippen LogP contribution in [0.2, 0.25) is 0 Å². The van der Waals surface area contributed by atoms with E-state index in [1.807, 2.05) is 0 Å². The van der Waals surface area contributed by atoms with E-state index in [1.54, 1.807) is 0 Å². The molecule has 2 saturated heterocycles. The van der Waals surface area contributed by atoms with Crippen molar-refractivity contribution in [3.05, 3.63) is 0 Å². The summed E-state index contributed by atoms with van der Waals surface area (Å²) in [7, 11) is 0. The zero-order valence-corrected chi connectivity index (χ0v) is 11.9. The zero-order valence-electron chi connectivity index (χ0n) is 11.9. The van der Waals surface area contributed by atoms with E-state index in [2.05, 4.69) is 16.7 Å². The fourth-order valence-electron chi connectivity index (χ4n) is 4.40. The van der Waals surface area contributed by atoms with Gasteiger partial charge in [-0.2, -0.15) is 0 Å². The highest BCUT2D eigenvalue weighted by molar-refractivity contribution is 4.96. The van der Waals surface area contributed by atoms with Gasteiger partial charge in [0.1, 0.15) is 0 Å². The molecule has 3 fully saturated rings. The Morgan fingerprint density at radius 1 is 0.944 bits per heavy atom. The molecule has 2 heterocycles. The van der Waals surface area contributed by atoms with Gasteiger partial charge in [-0.25, -0.2) is 0 Å². The van der Waals surface area contributed by atoms with E-state index in [1.165, 1.54) is 64.6 Å². The third-order valence-corrected chi connectivity index (χ3v) is 5.44. The lowest BCUT2D eigenvalue weighted by atomic mass is 9.97. The number of nitrogens with zero attached hydrogens (tertiary/aromatic N) is 2. The van der Waals surface area contributed by atoms with Crippen LogP contribution in [0.4, 0.5) is 0 Å². The fourth-order valence-corrected chi connectivity index (χ4v) is 4.40. The molecule has 3 heteroatoms. The van der Waals surface area contributed by atoms with Crippen LogP contribution in [-0.2, 0) is 0 Å². The molecule has 0 aromatic heterocycles. The molecular weight excluding hydrogens is 222 g/mol. The summed E-state index contributed by atoms with van der Waals surface area (Å²) in [5, 5.41) is 0. The minimum Gasteiger partial charge on any atom is -0.326 e. The van der Waals surface area contributed by atoms with E-state index in [0.29, 0.717) is 18.1 Å². The molecule has 18 heavy (non-hydrogen) atoms. The van der Waals surface area contributed by atoms with Crippen molar-refractivity contribution >= 4 is 0 Å². The molecule has 2 N–H and O–H groups in total. The molecular formula is C15H29N3. The highest BCUT2D eigenvalue weighted by Crippen LogP contribution is 2.30. The number of nitrogens with two attached hydrogens (primary N) is 1. The van der Waals surface area contributed by atoms with Crippen molar-refractivity contribution in [3.63, 3.8) is 0 Å². The van der Waals surface area contributed by atoms with E-state index in [-0.39, 0.29) is 0 Å². The number of rotatable bonds is 1. The van der Waals surface area contributed by atoms with Crippen LogP contribution in [0.15, 0.2) is 0 Å². The summed E-state index contributed by atoms with van der Waals surface area (Å²) in [4.78, 5) is 5.48. The summed E-state index contributed by atoms with van der Waals surface area (Å²) in [5.41, 5.74) is 6.45. The summed E-state index contributed by atoms with van der Waals surface area (Å²) in [6.07, 6.45) is 9.50. The first-order chi connectivity index (χ1) is 8.75. The Labute approximate surface area is 112 Å². The van der Waals surface area contributed by atoms with E-state index in [9.17, 15) is 0 Å². The maximum atomic E-state index is 6.45. The van der Waals surface area contributed by atoms with Gasteiger partial charge in [0.05, 0.1) is 0 Å². The van der Waals surface area contributed by atoms with Crippen molar-refractivity contribution in [1.29, 1.82) is 0 Å². The van der Waals surface area contributed by atoms with E-state index in [0.717, 1.165) is 6.04 Å². The van der Waals surface area contributed by atoms with Gasteiger partial charge >= 0.3 is 0 Å². The molecule has 0 radical (unpaired) electrons. The second-order valence-electron chi connectivity index (χ2n) is 6.71. The predicted octanol–water partition coefficient (Wildman–Crippen LogP) is 1.81. The minimum atomic E-state index is 0.419. The summed E-state index contributed by atoms with van der Waals surface area (Å²) in [6, 6.07) is 2.61. The second-order valence-corrected chi connectivity index (χ2v) is 6.71. The molecule has 0 bridgehead atoms. The highest BCUT2D eigenvalue weighted by Gasteiger charge is 2.38. The van der Waals surface area contributed by atoms with Crippen LogP contribution in [0, 0.1) is 0 Å². The first kappa shape index (κ1) is 12.9. The summed E-state index contributed by atoms with van der Waals surface area (Å²) in [6.45, 7) is 6.29. The maximum Gasteiger partial charge on any atom is 0.0251 e. The van der Waals surface area contributed by atoms with Crippen LogP contribution < -0.4 is 5.73 Å². The quantitative estimate of drug-likeness (QED) is 0.722. The Morgan fingerprint density at radius 3 is 2.67 bits per heavy atom. The van der Waals surface area contributed by atoms with E-state index in [4.69, 9.17) is 5.73 Å². The molecule has 4 atom stereocenters. The Morgan fingerprint density at radius 2 is 1.78 bits per heavy atom. The predicted molar refractivity (Wildman–Crippen MR) is 75.6 cm³/mol. The molecule has 3 rings (SSSR count). The molecule has 1 saturated carbocycles. The fraction of sp³-hybridized carbons (Fsp3) is 1.00. The SMILES string of the molecule is CC1CN2CCCC2CN1C1CCCCCC1N. The van der Waals surface area contributed by atoms with Crippen LogP contribution >= 0.6 is 0 Å². The second kappa shape index (κ2) is 5.48. The topological polar surface area (TPSA) is 32.5 Å². The van der Waals surface area contributed by atoms with Crippen molar-refractivity contribution in [2.45, 2.75) is 76.0 Å². The summed E-state index contributed by atoms with van der Waals surface area (Å²) >= 11 is 0. The molecule has 3 aliphatic rings. The molecule has 0 spiro atoms. The third-order valence-electron chi connectivity index (χ3n) is 5.44. The molecule has 104 valence electrons. The highest BCUT2D eigenvalue weighted by atomic mass is 15.3. The van der Waals surface area contributed by atoms with Crippen LogP contribution in [0.25, 0.3) is 0 Å². The molecule has 2 aliphatic heterocycles. The van der Waals surface area contributed by atoms with Crippen LogP contribution in [0.3, 0.4) is 0 Å². The largest absolute Gasteiger partial charge is 0.326 e. The van der Waals surface area contributed by atoms with Crippen molar-refractivity contribution in [3.8, 4) is 0 Å². The lowest BCUT2D eigenvalue weighted by Crippen LogP contribution is -2.61. The first-order valence-electron chi connectivity index (χ1n) is 8.01. The average Bonchev–Trinajstić information content (AvgIpc) is 2.69. The van der Waals surface area contributed by atoms with Gasteiger partial charge in [0.25, 0.3) is 0 Å². The smallest absolute Gasteiger partial charge is 0.0251 e. The molecule has 0 aromatic carbocycles. The van der Waals surface area contributed by atoms with Gasteiger partial charge in [-0.05, 0) is 39.2 Å². The monoisotopic (exact) mass is 251 g/mol. The third kappa shape index (κ3) is 2.45. The normalized spacial score (nSPS) is 43.7. The minimum absolute atomic E-state index is 0.419. The first-order valence-corrected chi connectivity index (χ1v) is 8.01. The molecule has 0 aromatic rings. The lowest BCUT2D eigenvalue weighted by molar-refractivity contribution is 0.0175. The van der Waals surface area contributed by atoms with Gasteiger partial charge in [0, 0.05) is 37.3 Å². The average molecular weight is 251 g/mol. The number of hydrogen-bond acceptors (Lipinski definition) is 3. The van der Waals surface area contributed by atoms with Gasteiger partial charge < -0.3 is 5.73 Å². The zero-order chi connectivity index (χ0) is 12.5. The summed E-state index contributed by atoms with van der Waals surface area (Å²) < 4.78 is 0. The van der Waals surface area contributed by atoms with Crippen LogP contribution in [0.5, 0.6) is 0 Å². The molecule has 1 aliphatic carbocycles. The van der Waals surface area contributed by atoms with Crippen molar-refractivity contribution in [2.75, 3.05) is 19.6 Å². The van der Waals surface area contributed by atoms with Crippen molar-refractivity contribution in [1.82, 2.24) is 9.80 Å². The summed E-state index contributed by atoms with van der Waals surface area (Å²) in [5.74, 6) is 0. The Balaban J connectivity index is 1.69. The van der Waals surface area contributed by atoms with Gasteiger partial charge in [-0.3, -0.25) is 9.80 Å². The molecule has 3 nitrogen and oxygen atoms in total. The Hall–Kier alpha value is -0.120. The van der Waals surface area contributed by atoms with Crippen molar-refractivity contribution in [2.24, 2.45) is 5.73 Å². The maximum absolute atomic E-state index is 6.45. The van der Waals surface area contributed by atoms with E-state index < -0.39 is 0 Å². The van der Waals surface area contributed by atoms with Crippen LogP contribution in [0.1, 0.15) is 51.9 Å². The lowest BCUT2D eigenvalue weighted by Gasteiger charge is -2.47. The number of piperazine rings is 1. The number of hydrogen-bond donors (Lipinski definition) is 1. The van der Waals surface area contributed by atoms with Gasteiger partial charge in [-0.1, -0.05) is 19.3 Å². The number of fused-ring (bicyclic) bond motifs is 1. The van der Waals surface area contributed by atoms with Gasteiger partial charge in [0.15, 0.2) is 0 Å². The van der Waals surface area contributed by atoms with Crippen LogP contribution in [-0.4, -0.2) is 53.6 Å².